The van der Waals surface area contributed by atoms with Gasteiger partial charge >= 0.3 is 0 Å². The number of alkyl halides is 2. The van der Waals surface area contributed by atoms with E-state index in [0.717, 1.165) is 12.3 Å². The van der Waals surface area contributed by atoms with Gasteiger partial charge in [0.15, 0.2) is 9.84 Å². The number of aromatic nitrogens is 3. The van der Waals surface area contributed by atoms with Crippen LogP contribution in [0.4, 0.5) is 8.78 Å². The molecule has 0 radical (unpaired) electrons. The van der Waals surface area contributed by atoms with E-state index in [1.54, 1.807) is 43.5 Å². The molecule has 1 amide bonds. The Labute approximate surface area is 229 Å². The summed E-state index contributed by atoms with van der Waals surface area (Å²) in [5.41, 5.74) is 2.30. The van der Waals surface area contributed by atoms with Crippen molar-refractivity contribution in [1.29, 1.82) is 0 Å². The van der Waals surface area contributed by atoms with Crippen LogP contribution in [0.15, 0.2) is 59.6 Å². The molecule has 0 unspecified atom stereocenters. The highest BCUT2D eigenvalue weighted by atomic mass is 32.2. The molecule has 9 nitrogen and oxygen atoms in total. The van der Waals surface area contributed by atoms with Crippen molar-refractivity contribution in [3.05, 3.63) is 77.2 Å². The van der Waals surface area contributed by atoms with E-state index in [4.69, 9.17) is 9.47 Å². The zero-order valence-corrected chi connectivity index (χ0v) is 22.8. The molecule has 1 aromatic carbocycles. The standard InChI is InChI=1S/C28H26F2N4O5S/c1-16-14-39-15-19-5-4-17(10-24(19)40(16,36)37)26(35)32-13-20-11-23-18(12-31-20)6-8-22(33-23)21-7-9-25(28(2,29)30)34-27(21)38-3/h4-12,16H,13-15H2,1-3H3,(H,32,35)/t16-/m0/s1. The van der Waals surface area contributed by atoms with Crippen LogP contribution < -0.4 is 10.1 Å². The third-order valence-electron chi connectivity index (χ3n) is 6.62. The zero-order valence-electron chi connectivity index (χ0n) is 21.9. The Hall–Kier alpha value is -4.03. The minimum Gasteiger partial charge on any atom is -0.480 e. The molecule has 1 atom stereocenters. The first-order valence-electron chi connectivity index (χ1n) is 12.4. The van der Waals surface area contributed by atoms with Gasteiger partial charge in [-0.25, -0.2) is 18.4 Å². The first kappa shape index (κ1) is 27.5. The van der Waals surface area contributed by atoms with Crippen LogP contribution in [0.3, 0.4) is 0 Å². The van der Waals surface area contributed by atoms with Gasteiger partial charge < -0.3 is 14.8 Å². The summed E-state index contributed by atoms with van der Waals surface area (Å²) in [4.78, 5) is 26.0. The molecule has 0 saturated heterocycles. The van der Waals surface area contributed by atoms with Gasteiger partial charge in [-0.1, -0.05) is 6.07 Å². The predicted molar refractivity (Wildman–Crippen MR) is 143 cm³/mol. The predicted octanol–water partition coefficient (Wildman–Crippen LogP) is 4.43. The van der Waals surface area contributed by atoms with Crippen molar-refractivity contribution in [2.75, 3.05) is 13.7 Å². The minimum absolute atomic E-state index is 0.0242. The van der Waals surface area contributed by atoms with E-state index < -0.39 is 32.6 Å². The molecule has 0 fully saturated rings. The Morgan fingerprint density at radius 2 is 1.95 bits per heavy atom. The normalized spacial score (nSPS) is 16.7. The van der Waals surface area contributed by atoms with Crippen molar-refractivity contribution >= 4 is 26.6 Å². The van der Waals surface area contributed by atoms with Gasteiger partial charge in [0.25, 0.3) is 11.8 Å². The molecule has 0 aliphatic carbocycles. The number of carbonyl (C=O) groups is 1. The van der Waals surface area contributed by atoms with Crippen LogP contribution in [-0.2, 0) is 33.6 Å². The molecule has 4 heterocycles. The molecular formula is C28H26F2N4O5S. The van der Waals surface area contributed by atoms with E-state index in [1.807, 2.05) is 0 Å². The summed E-state index contributed by atoms with van der Waals surface area (Å²) < 4.78 is 63.9. The molecule has 3 aromatic heterocycles. The Morgan fingerprint density at radius 3 is 2.70 bits per heavy atom. The molecule has 0 spiro atoms. The van der Waals surface area contributed by atoms with Crippen molar-refractivity contribution < 1.29 is 31.5 Å². The molecule has 5 rings (SSSR count). The van der Waals surface area contributed by atoms with E-state index in [9.17, 15) is 22.0 Å². The Morgan fingerprint density at radius 1 is 1.15 bits per heavy atom. The Bertz CT molecular complexity index is 1720. The number of rotatable bonds is 6. The monoisotopic (exact) mass is 568 g/mol. The summed E-state index contributed by atoms with van der Waals surface area (Å²) in [7, 11) is -2.27. The number of methoxy groups -OCH3 is 1. The topological polar surface area (TPSA) is 120 Å². The van der Waals surface area contributed by atoms with Gasteiger partial charge in [-0.15, -0.1) is 0 Å². The smallest absolute Gasteiger partial charge is 0.287 e. The number of pyridine rings is 3. The molecular weight excluding hydrogens is 542 g/mol. The maximum Gasteiger partial charge on any atom is 0.287 e. The van der Waals surface area contributed by atoms with Gasteiger partial charge in [0.1, 0.15) is 5.69 Å². The molecule has 40 heavy (non-hydrogen) atoms. The molecule has 1 N–H and O–H groups in total. The number of nitrogens with zero attached hydrogens (tertiary/aromatic N) is 3. The molecule has 208 valence electrons. The largest absolute Gasteiger partial charge is 0.480 e. The van der Waals surface area contributed by atoms with E-state index >= 15 is 0 Å². The molecule has 1 aliphatic rings. The summed E-state index contributed by atoms with van der Waals surface area (Å²) in [6.45, 7) is 2.65. The lowest BCUT2D eigenvalue weighted by molar-refractivity contribution is 0.0123. The number of halogens is 2. The lowest BCUT2D eigenvalue weighted by Crippen LogP contribution is -2.24. The Balaban J connectivity index is 1.37. The maximum absolute atomic E-state index is 13.7. The van der Waals surface area contributed by atoms with Crippen molar-refractivity contribution in [1.82, 2.24) is 20.3 Å². The summed E-state index contributed by atoms with van der Waals surface area (Å²) >= 11 is 0. The fourth-order valence-electron chi connectivity index (χ4n) is 4.33. The fraction of sp³-hybridized carbons (Fsp3) is 0.286. The van der Waals surface area contributed by atoms with Gasteiger partial charge in [0, 0.05) is 24.1 Å². The Kier molecular flexibility index (Phi) is 7.23. The number of fused-ring (bicyclic) bond motifs is 2. The lowest BCUT2D eigenvalue weighted by Gasteiger charge is -2.13. The van der Waals surface area contributed by atoms with Crippen molar-refractivity contribution in [2.45, 2.75) is 43.1 Å². The number of nitrogens with one attached hydrogen (secondary N) is 1. The fourth-order valence-corrected chi connectivity index (χ4v) is 5.83. The average Bonchev–Trinajstić information content (AvgIpc) is 3.05. The van der Waals surface area contributed by atoms with Crippen LogP contribution in [0.25, 0.3) is 22.2 Å². The minimum atomic E-state index is -3.62. The average molecular weight is 569 g/mol. The van der Waals surface area contributed by atoms with Crippen LogP contribution in [0, 0.1) is 0 Å². The number of amides is 1. The number of sulfone groups is 1. The van der Waals surface area contributed by atoms with Crippen LogP contribution in [0.1, 0.15) is 41.2 Å². The summed E-state index contributed by atoms with van der Waals surface area (Å²) in [5, 5.41) is 2.79. The highest BCUT2D eigenvalue weighted by molar-refractivity contribution is 7.92. The second kappa shape index (κ2) is 10.5. The van der Waals surface area contributed by atoms with Gasteiger partial charge in [-0.05, 0) is 55.0 Å². The van der Waals surface area contributed by atoms with E-state index in [1.165, 1.54) is 25.3 Å². The number of ether oxygens (including phenoxy) is 2. The first-order chi connectivity index (χ1) is 19.0. The highest BCUT2D eigenvalue weighted by Crippen LogP contribution is 2.33. The van der Waals surface area contributed by atoms with E-state index in [2.05, 4.69) is 20.3 Å². The third kappa shape index (κ3) is 5.36. The van der Waals surface area contributed by atoms with Crippen molar-refractivity contribution in [3.8, 4) is 17.1 Å². The van der Waals surface area contributed by atoms with Gasteiger partial charge in [-0.3, -0.25) is 9.78 Å². The maximum atomic E-state index is 13.7. The summed E-state index contributed by atoms with van der Waals surface area (Å²) in [5.74, 6) is -3.55. The van der Waals surface area contributed by atoms with Crippen LogP contribution in [-0.4, -0.2) is 48.2 Å². The van der Waals surface area contributed by atoms with Crippen molar-refractivity contribution in [2.24, 2.45) is 0 Å². The second-order valence-electron chi connectivity index (χ2n) is 9.58. The van der Waals surface area contributed by atoms with Crippen molar-refractivity contribution in [3.63, 3.8) is 0 Å². The van der Waals surface area contributed by atoms with E-state index in [0.29, 0.717) is 28.0 Å². The van der Waals surface area contributed by atoms with Crippen LogP contribution in [0.5, 0.6) is 5.88 Å². The molecule has 1 aliphatic heterocycles. The first-order valence-corrected chi connectivity index (χ1v) is 13.9. The number of hydrogen-bond acceptors (Lipinski definition) is 8. The van der Waals surface area contributed by atoms with Crippen LogP contribution >= 0.6 is 0 Å². The number of hydrogen-bond donors (Lipinski definition) is 1. The van der Waals surface area contributed by atoms with Gasteiger partial charge in [-0.2, -0.15) is 8.78 Å². The SMILES string of the molecule is COc1nc(C(C)(F)F)ccc1-c1ccc2cnc(CNC(=O)c3ccc4c(c3)S(=O)(=O)[C@@H](C)COC4)cc2n1. The number of benzene rings is 1. The molecule has 12 heteroatoms. The van der Waals surface area contributed by atoms with E-state index in [-0.39, 0.29) is 36.1 Å². The third-order valence-corrected chi connectivity index (χ3v) is 8.80. The van der Waals surface area contributed by atoms with Gasteiger partial charge in [0.2, 0.25) is 5.88 Å². The molecule has 0 saturated carbocycles. The molecule has 0 bridgehead atoms. The van der Waals surface area contributed by atoms with Gasteiger partial charge in [0.05, 0.1) is 59.5 Å². The number of carbonyl (C=O) groups excluding carboxylic acids is 1. The molecule has 4 aromatic rings. The summed E-state index contributed by atoms with van der Waals surface area (Å²) in [6.07, 6.45) is 1.61. The van der Waals surface area contributed by atoms with Crippen LogP contribution in [0.2, 0.25) is 0 Å². The zero-order chi connectivity index (χ0) is 28.7. The summed E-state index contributed by atoms with van der Waals surface area (Å²) in [6, 6.07) is 12.5. The quantitative estimate of drug-likeness (QED) is 0.363. The lowest BCUT2D eigenvalue weighted by atomic mass is 10.1. The highest BCUT2D eigenvalue weighted by Gasteiger charge is 2.30. The second-order valence-corrected chi connectivity index (χ2v) is 11.9.